The topological polar surface area (TPSA) is 70.2 Å². The molecule has 2 N–H and O–H groups in total. The molecule has 1 saturated carbocycles. The van der Waals surface area contributed by atoms with Gasteiger partial charge in [-0.1, -0.05) is 6.07 Å². The van der Waals surface area contributed by atoms with E-state index in [1.54, 1.807) is 0 Å². The summed E-state index contributed by atoms with van der Waals surface area (Å²) in [6, 6.07) is 4.19. The number of pyridine rings is 1. The smallest absolute Gasteiger partial charge is 0.153 e. The molecule has 2 aromatic heterocycles. The van der Waals surface area contributed by atoms with Crippen LogP contribution >= 0.6 is 0 Å². The molecule has 5 nitrogen and oxygen atoms in total. The SMILES string of the molecule is N=C/C(C=O)=C\NCc1cn2cc(C3CC3)ccc2n1. The van der Waals surface area contributed by atoms with Crippen LogP contribution in [0.4, 0.5) is 0 Å². The second-order valence-corrected chi connectivity index (χ2v) is 5.02. The predicted molar refractivity (Wildman–Crippen MR) is 76.9 cm³/mol. The first kappa shape index (κ1) is 12.6. The summed E-state index contributed by atoms with van der Waals surface area (Å²) in [6.45, 7) is 0.533. The number of fused-ring (bicyclic) bond motifs is 1. The average molecular weight is 268 g/mol. The van der Waals surface area contributed by atoms with E-state index in [4.69, 9.17) is 5.41 Å². The minimum absolute atomic E-state index is 0.310. The van der Waals surface area contributed by atoms with E-state index in [1.165, 1.54) is 24.6 Å². The van der Waals surface area contributed by atoms with E-state index in [0.717, 1.165) is 23.5 Å². The third kappa shape index (κ3) is 2.61. The van der Waals surface area contributed by atoms with E-state index in [1.807, 2.05) is 16.7 Å². The third-order valence-electron chi connectivity index (χ3n) is 3.43. The van der Waals surface area contributed by atoms with Crippen LogP contribution in [0.3, 0.4) is 0 Å². The van der Waals surface area contributed by atoms with Crippen LogP contribution in [0.1, 0.15) is 30.0 Å². The lowest BCUT2D eigenvalue weighted by molar-refractivity contribution is -0.104. The second-order valence-electron chi connectivity index (χ2n) is 5.02. The first-order valence-electron chi connectivity index (χ1n) is 6.67. The number of nitrogens with one attached hydrogen (secondary N) is 2. The maximum absolute atomic E-state index is 10.5. The Bertz CT molecular complexity index is 672. The van der Waals surface area contributed by atoms with E-state index < -0.39 is 0 Å². The summed E-state index contributed by atoms with van der Waals surface area (Å²) >= 11 is 0. The normalized spacial score (nSPS) is 15.3. The zero-order chi connectivity index (χ0) is 13.9. The minimum atomic E-state index is 0.310. The van der Waals surface area contributed by atoms with Gasteiger partial charge in [-0.2, -0.15) is 0 Å². The van der Waals surface area contributed by atoms with Crippen LogP contribution in [0.15, 0.2) is 36.3 Å². The molecule has 0 aliphatic heterocycles. The molecular formula is C15H16N4O. The predicted octanol–water partition coefficient (Wildman–Crippen LogP) is 2.03. The largest absolute Gasteiger partial charge is 0.385 e. The summed E-state index contributed by atoms with van der Waals surface area (Å²) in [5.74, 6) is 0.731. The van der Waals surface area contributed by atoms with E-state index in [0.29, 0.717) is 18.4 Å². The van der Waals surface area contributed by atoms with Crippen molar-refractivity contribution < 1.29 is 4.79 Å². The third-order valence-corrected chi connectivity index (χ3v) is 3.43. The molecule has 0 atom stereocenters. The van der Waals surface area contributed by atoms with Crippen LogP contribution < -0.4 is 5.32 Å². The number of aromatic nitrogens is 2. The summed E-state index contributed by atoms with van der Waals surface area (Å²) < 4.78 is 2.05. The van der Waals surface area contributed by atoms with E-state index >= 15 is 0 Å². The lowest BCUT2D eigenvalue weighted by atomic mass is 10.2. The number of carbonyl (C=O) groups is 1. The lowest BCUT2D eigenvalue weighted by Crippen LogP contribution is -2.07. The molecule has 0 spiro atoms. The van der Waals surface area contributed by atoms with Gasteiger partial charge < -0.3 is 15.1 Å². The van der Waals surface area contributed by atoms with Gasteiger partial charge in [0.05, 0.1) is 12.2 Å². The first-order chi connectivity index (χ1) is 9.80. The molecule has 1 aliphatic rings. The highest BCUT2D eigenvalue weighted by Gasteiger charge is 2.23. The molecule has 1 aliphatic carbocycles. The van der Waals surface area contributed by atoms with E-state index in [2.05, 4.69) is 22.6 Å². The summed E-state index contributed by atoms with van der Waals surface area (Å²) in [7, 11) is 0. The molecule has 0 aromatic carbocycles. The molecule has 0 radical (unpaired) electrons. The molecule has 0 saturated heterocycles. The fourth-order valence-corrected chi connectivity index (χ4v) is 2.19. The van der Waals surface area contributed by atoms with Crippen molar-refractivity contribution >= 4 is 18.1 Å². The Morgan fingerprint density at radius 1 is 1.45 bits per heavy atom. The standard InChI is InChI=1S/C15H16N4O/c16-5-11(10-20)6-17-7-14-9-19-8-13(12-1-2-12)3-4-15(19)18-14/h3-6,8-10,12,16-17H,1-2,7H2/b11-6+,16-5?. The first-order valence-corrected chi connectivity index (χ1v) is 6.67. The molecule has 0 amide bonds. The molecule has 20 heavy (non-hydrogen) atoms. The van der Waals surface area contributed by atoms with Crippen molar-refractivity contribution in [1.82, 2.24) is 14.7 Å². The summed E-state index contributed by atoms with van der Waals surface area (Å²) in [5.41, 5.74) is 3.52. The quantitative estimate of drug-likeness (QED) is 0.478. The number of rotatable bonds is 6. The van der Waals surface area contributed by atoms with Gasteiger partial charge in [0.2, 0.25) is 0 Å². The Morgan fingerprint density at radius 2 is 2.30 bits per heavy atom. The Balaban J connectivity index is 1.73. The van der Waals surface area contributed by atoms with Crippen LogP contribution in [0, 0.1) is 5.41 Å². The molecule has 0 bridgehead atoms. The number of aldehydes is 1. The van der Waals surface area contributed by atoms with Crippen LogP contribution in [0.25, 0.3) is 5.65 Å². The summed E-state index contributed by atoms with van der Waals surface area (Å²) in [5, 5.41) is 10.0. The van der Waals surface area contributed by atoms with Crippen molar-refractivity contribution in [3.63, 3.8) is 0 Å². The zero-order valence-electron chi connectivity index (χ0n) is 11.0. The molecule has 0 unspecified atom stereocenters. The van der Waals surface area contributed by atoms with Gasteiger partial charge >= 0.3 is 0 Å². The molecular weight excluding hydrogens is 252 g/mol. The van der Waals surface area contributed by atoms with Crippen molar-refractivity contribution in [2.45, 2.75) is 25.3 Å². The van der Waals surface area contributed by atoms with Gasteiger partial charge in [-0.15, -0.1) is 0 Å². The van der Waals surface area contributed by atoms with Crippen LogP contribution in [0.5, 0.6) is 0 Å². The molecule has 1 fully saturated rings. The van der Waals surface area contributed by atoms with Crippen LogP contribution in [0.2, 0.25) is 0 Å². The average Bonchev–Trinajstić information content (AvgIpc) is 3.23. The van der Waals surface area contributed by atoms with E-state index in [-0.39, 0.29) is 0 Å². The Labute approximate surface area is 116 Å². The Kier molecular flexibility index (Phi) is 3.33. The zero-order valence-corrected chi connectivity index (χ0v) is 11.0. The van der Waals surface area contributed by atoms with Gasteiger partial charge in [-0.05, 0) is 30.4 Å². The maximum Gasteiger partial charge on any atom is 0.153 e. The number of hydrogen-bond donors (Lipinski definition) is 2. The van der Waals surface area contributed by atoms with Crippen molar-refractivity contribution in [2.75, 3.05) is 0 Å². The maximum atomic E-state index is 10.5. The minimum Gasteiger partial charge on any atom is -0.385 e. The highest BCUT2D eigenvalue weighted by molar-refractivity contribution is 6.00. The number of nitrogens with zero attached hydrogens (tertiary/aromatic N) is 2. The van der Waals surface area contributed by atoms with E-state index in [9.17, 15) is 4.79 Å². The molecule has 3 rings (SSSR count). The summed E-state index contributed by atoms with van der Waals surface area (Å²) in [4.78, 5) is 15.1. The van der Waals surface area contributed by atoms with Crippen molar-refractivity contribution in [3.8, 4) is 0 Å². The molecule has 2 heterocycles. The number of hydrogen-bond acceptors (Lipinski definition) is 4. The van der Waals surface area contributed by atoms with Crippen molar-refractivity contribution in [1.29, 1.82) is 5.41 Å². The fraction of sp³-hybridized carbons (Fsp3) is 0.267. The highest BCUT2D eigenvalue weighted by Crippen LogP contribution is 2.39. The van der Waals surface area contributed by atoms with Crippen LogP contribution in [-0.2, 0) is 11.3 Å². The van der Waals surface area contributed by atoms with Crippen molar-refractivity contribution in [2.24, 2.45) is 0 Å². The molecule has 5 heteroatoms. The lowest BCUT2D eigenvalue weighted by Gasteiger charge is -1.98. The van der Waals surface area contributed by atoms with Gasteiger partial charge in [0.25, 0.3) is 0 Å². The van der Waals surface area contributed by atoms with Gasteiger partial charge in [0, 0.05) is 30.4 Å². The summed E-state index contributed by atoms with van der Waals surface area (Å²) in [6.07, 6.45) is 9.91. The fourth-order valence-electron chi connectivity index (χ4n) is 2.19. The number of imidazole rings is 1. The second kappa shape index (κ2) is 5.28. The van der Waals surface area contributed by atoms with Crippen LogP contribution in [-0.4, -0.2) is 21.9 Å². The van der Waals surface area contributed by atoms with Gasteiger partial charge in [-0.3, -0.25) is 4.79 Å². The molecule has 102 valence electrons. The monoisotopic (exact) mass is 268 g/mol. The Morgan fingerprint density at radius 3 is 3.00 bits per heavy atom. The van der Waals surface area contributed by atoms with Gasteiger partial charge in [0.1, 0.15) is 5.65 Å². The Hall–Kier alpha value is -2.43. The molecule has 2 aromatic rings. The van der Waals surface area contributed by atoms with Crippen molar-refractivity contribution in [3.05, 3.63) is 47.6 Å². The number of allylic oxidation sites excluding steroid dienone is 1. The highest BCUT2D eigenvalue weighted by atomic mass is 16.1. The number of carbonyl (C=O) groups excluding carboxylic acids is 1. The van der Waals surface area contributed by atoms with Gasteiger partial charge in [0.15, 0.2) is 6.29 Å². The van der Waals surface area contributed by atoms with Gasteiger partial charge in [-0.25, -0.2) is 4.98 Å².